The van der Waals surface area contributed by atoms with E-state index in [1.165, 1.54) is 0 Å². The maximum Gasteiger partial charge on any atom is 0.259 e. The fourth-order valence-electron chi connectivity index (χ4n) is 4.31. The topological polar surface area (TPSA) is 79.5 Å². The van der Waals surface area contributed by atoms with E-state index in [9.17, 15) is 4.79 Å². The van der Waals surface area contributed by atoms with E-state index in [4.69, 9.17) is 14.5 Å². The lowest BCUT2D eigenvalue weighted by Gasteiger charge is -2.25. The number of aromatic nitrogens is 2. The Hall–Kier alpha value is -2.90. The van der Waals surface area contributed by atoms with E-state index < -0.39 is 0 Å². The van der Waals surface area contributed by atoms with Gasteiger partial charge in [0.1, 0.15) is 17.7 Å². The van der Waals surface area contributed by atoms with Gasteiger partial charge < -0.3 is 19.8 Å². The van der Waals surface area contributed by atoms with Crippen molar-refractivity contribution in [3.05, 3.63) is 53.3 Å². The molecule has 2 aliphatic rings. The second-order valence-corrected chi connectivity index (χ2v) is 8.41. The minimum atomic E-state index is -0.162. The van der Waals surface area contributed by atoms with Crippen molar-refractivity contribution in [2.45, 2.75) is 32.3 Å². The van der Waals surface area contributed by atoms with E-state index in [2.05, 4.69) is 22.1 Å². The third kappa shape index (κ3) is 4.03. The molecule has 7 heteroatoms. The molecule has 1 amide bonds. The van der Waals surface area contributed by atoms with Crippen LogP contribution in [0.15, 0.2) is 36.4 Å². The van der Waals surface area contributed by atoms with Gasteiger partial charge in [0.25, 0.3) is 5.91 Å². The van der Waals surface area contributed by atoms with E-state index >= 15 is 0 Å². The lowest BCUT2D eigenvalue weighted by Crippen LogP contribution is -2.37. The Kier molecular flexibility index (Phi) is 5.38. The molecule has 0 bridgehead atoms. The van der Waals surface area contributed by atoms with Gasteiger partial charge in [0.15, 0.2) is 0 Å². The molecular formula is C24H28N4O3. The van der Waals surface area contributed by atoms with Crippen LogP contribution < -0.4 is 10.1 Å². The van der Waals surface area contributed by atoms with Crippen LogP contribution in [0.25, 0.3) is 11.0 Å². The third-order valence-electron chi connectivity index (χ3n) is 6.35. The number of carbonyl (C=O) groups is 1. The number of hydrogen-bond donors (Lipinski definition) is 2. The second-order valence-electron chi connectivity index (χ2n) is 8.41. The molecule has 3 aromatic rings. The zero-order valence-electron chi connectivity index (χ0n) is 18.0. The van der Waals surface area contributed by atoms with Crippen molar-refractivity contribution in [1.29, 1.82) is 0 Å². The fraction of sp³-hybridized carbons (Fsp3) is 0.417. The maximum atomic E-state index is 13.0. The number of nitrogens with one attached hydrogen (secondary N) is 2. The Morgan fingerprint density at radius 2 is 2.06 bits per heavy atom. The molecule has 2 atom stereocenters. The van der Waals surface area contributed by atoms with Gasteiger partial charge in [-0.2, -0.15) is 0 Å². The predicted molar refractivity (Wildman–Crippen MR) is 120 cm³/mol. The number of fused-ring (bicyclic) bond motifs is 2. The lowest BCUT2D eigenvalue weighted by atomic mass is 9.97. The van der Waals surface area contributed by atoms with Crippen LogP contribution in [-0.2, 0) is 11.2 Å². The van der Waals surface area contributed by atoms with Crippen molar-refractivity contribution in [1.82, 2.24) is 14.9 Å². The second kappa shape index (κ2) is 8.32. The molecule has 2 aliphatic heterocycles. The lowest BCUT2D eigenvalue weighted by molar-refractivity contribution is 0.0382. The molecule has 2 unspecified atom stereocenters. The van der Waals surface area contributed by atoms with Crippen LogP contribution in [0, 0.1) is 0 Å². The van der Waals surface area contributed by atoms with Gasteiger partial charge in [-0.1, -0.05) is 19.1 Å². The van der Waals surface area contributed by atoms with E-state index in [1.54, 1.807) is 0 Å². The van der Waals surface area contributed by atoms with Crippen LogP contribution in [-0.4, -0.2) is 59.7 Å². The average molecular weight is 421 g/mol. The Balaban J connectivity index is 1.29. The highest BCUT2D eigenvalue weighted by atomic mass is 16.5. The summed E-state index contributed by atoms with van der Waals surface area (Å²) in [5.74, 6) is 1.78. The number of benzene rings is 2. The van der Waals surface area contributed by atoms with Crippen molar-refractivity contribution >= 4 is 22.6 Å². The number of nitrogens with zero attached hydrogens (tertiary/aromatic N) is 2. The van der Waals surface area contributed by atoms with Gasteiger partial charge in [-0.3, -0.25) is 9.69 Å². The summed E-state index contributed by atoms with van der Waals surface area (Å²) in [6.45, 7) is 8.67. The number of para-hydroxylation sites is 1. The Bertz CT molecular complexity index is 1100. The van der Waals surface area contributed by atoms with E-state index in [0.29, 0.717) is 11.3 Å². The first-order valence-electron chi connectivity index (χ1n) is 11.0. The SMILES string of the molecule is CC1Oc2c(C(=O)Nc3ccc4nc(CCN5CCOCC5)[nH]c4c3)cccc2C1C. The molecule has 2 N–H and O–H groups in total. The average Bonchev–Trinajstić information content (AvgIpc) is 3.32. The monoisotopic (exact) mass is 420 g/mol. The van der Waals surface area contributed by atoms with Gasteiger partial charge in [-0.15, -0.1) is 0 Å². The van der Waals surface area contributed by atoms with E-state index in [0.717, 1.165) is 67.4 Å². The molecule has 1 aromatic heterocycles. The van der Waals surface area contributed by atoms with Crippen molar-refractivity contribution < 1.29 is 14.3 Å². The van der Waals surface area contributed by atoms with Crippen LogP contribution in [0.5, 0.6) is 5.75 Å². The Morgan fingerprint density at radius 3 is 2.90 bits per heavy atom. The standard InChI is InChI=1S/C24H28N4O3/c1-15-16(2)31-23-18(15)4-3-5-19(23)24(29)25-17-6-7-20-21(14-17)27-22(26-20)8-9-28-10-12-30-13-11-28/h3-7,14-16H,8-13H2,1-2H3,(H,25,29)(H,26,27). The molecule has 1 fully saturated rings. The number of rotatable bonds is 5. The first kappa shape index (κ1) is 20.0. The van der Waals surface area contributed by atoms with Crippen LogP contribution in [0.4, 0.5) is 5.69 Å². The number of anilines is 1. The van der Waals surface area contributed by atoms with Gasteiger partial charge >= 0.3 is 0 Å². The van der Waals surface area contributed by atoms with Gasteiger partial charge in [0.05, 0.1) is 29.8 Å². The number of morpholine rings is 1. The van der Waals surface area contributed by atoms with Crippen molar-refractivity contribution in [3.63, 3.8) is 0 Å². The summed E-state index contributed by atoms with van der Waals surface area (Å²) in [7, 11) is 0. The molecule has 0 radical (unpaired) electrons. The summed E-state index contributed by atoms with van der Waals surface area (Å²) >= 11 is 0. The van der Waals surface area contributed by atoms with Gasteiger partial charge in [0.2, 0.25) is 0 Å². The van der Waals surface area contributed by atoms with E-state index in [1.807, 2.05) is 43.3 Å². The highest BCUT2D eigenvalue weighted by Gasteiger charge is 2.31. The number of hydrogen-bond acceptors (Lipinski definition) is 5. The number of H-pyrrole nitrogens is 1. The Morgan fingerprint density at radius 1 is 1.23 bits per heavy atom. The number of aromatic amines is 1. The smallest absolute Gasteiger partial charge is 0.259 e. The summed E-state index contributed by atoms with van der Waals surface area (Å²) in [4.78, 5) is 23.5. The first-order chi connectivity index (χ1) is 15.1. The number of imidazole rings is 1. The molecule has 31 heavy (non-hydrogen) atoms. The molecule has 2 aromatic carbocycles. The Labute approximate surface area is 181 Å². The highest BCUT2D eigenvalue weighted by molar-refractivity contribution is 6.07. The van der Waals surface area contributed by atoms with Crippen LogP contribution >= 0.6 is 0 Å². The zero-order chi connectivity index (χ0) is 21.4. The molecule has 7 nitrogen and oxygen atoms in total. The van der Waals surface area contributed by atoms with Crippen LogP contribution in [0.2, 0.25) is 0 Å². The predicted octanol–water partition coefficient (Wildman–Crippen LogP) is 3.57. The normalized spacial score (nSPS) is 21.1. The van der Waals surface area contributed by atoms with Crippen LogP contribution in [0.1, 0.15) is 41.5 Å². The molecule has 0 spiro atoms. The summed E-state index contributed by atoms with van der Waals surface area (Å²) in [5, 5.41) is 3.01. The number of amides is 1. The van der Waals surface area contributed by atoms with Crippen LogP contribution in [0.3, 0.4) is 0 Å². The van der Waals surface area contributed by atoms with Crippen molar-refractivity contribution in [2.75, 3.05) is 38.2 Å². The molecule has 0 saturated carbocycles. The maximum absolute atomic E-state index is 13.0. The van der Waals surface area contributed by atoms with Gasteiger partial charge in [0, 0.05) is 43.2 Å². The fourth-order valence-corrected chi connectivity index (χ4v) is 4.31. The molecule has 162 valence electrons. The summed E-state index contributed by atoms with van der Waals surface area (Å²) in [5.41, 5.74) is 4.23. The van der Waals surface area contributed by atoms with Crippen molar-refractivity contribution in [3.8, 4) is 5.75 Å². The number of carbonyl (C=O) groups excluding carboxylic acids is 1. The quantitative estimate of drug-likeness (QED) is 0.660. The number of ether oxygens (including phenoxy) is 2. The molecule has 5 rings (SSSR count). The van der Waals surface area contributed by atoms with Gasteiger partial charge in [-0.25, -0.2) is 4.98 Å². The largest absolute Gasteiger partial charge is 0.489 e. The molecular weight excluding hydrogens is 392 g/mol. The highest BCUT2D eigenvalue weighted by Crippen LogP contribution is 2.40. The molecule has 3 heterocycles. The van der Waals surface area contributed by atoms with E-state index in [-0.39, 0.29) is 17.9 Å². The third-order valence-corrected chi connectivity index (χ3v) is 6.35. The minimum Gasteiger partial charge on any atom is -0.489 e. The first-order valence-corrected chi connectivity index (χ1v) is 11.0. The molecule has 1 saturated heterocycles. The summed E-state index contributed by atoms with van der Waals surface area (Å²) in [6, 6.07) is 11.5. The van der Waals surface area contributed by atoms with Crippen molar-refractivity contribution in [2.24, 2.45) is 0 Å². The molecule has 0 aliphatic carbocycles. The summed E-state index contributed by atoms with van der Waals surface area (Å²) in [6.07, 6.45) is 0.932. The minimum absolute atomic E-state index is 0.0705. The van der Waals surface area contributed by atoms with Gasteiger partial charge in [-0.05, 0) is 31.2 Å². The summed E-state index contributed by atoms with van der Waals surface area (Å²) < 4.78 is 11.4. The zero-order valence-corrected chi connectivity index (χ0v) is 18.0.